The van der Waals surface area contributed by atoms with Gasteiger partial charge in [0.25, 0.3) is 0 Å². The Morgan fingerprint density at radius 3 is 2.62 bits per heavy atom. The molecule has 0 aliphatic rings. The topological polar surface area (TPSA) is 39.7 Å². The molecule has 0 amide bonds. The van der Waals surface area contributed by atoms with E-state index in [2.05, 4.69) is 23.9 Å². The summed E-state index contributed by atoms with van der Waals surface area (Å²) in [5, 5.41) is 3.13. The molecule has 4 nitrogen and oxygen atoms in total. The molecule has 0 spiro atoms. The minimum absolute atomic E-state index is 0.0746. The Balaban J connectivity index is 2.50. The van der Waals surface area contributed by atoms with E-state index in [0.717, 1.165) is 0 Å². The van der Waals surface area contributed by atoms with Crippen molar-refractivity contribution in [3.05, 3.63) is 23.8 Å². The zero-order valence-corrected chi connectivity index (χ0v) is 12.7. The number of hydrogen-bond acceptors (Lipinski definition) is 4. The molecule has 0 saturated heterocycles. The van der Waals surface area contributed by atoms with Crippen LogP contribution in [0, 0.1) is 5.92 Å². The van der Waals surface area contributed by atoms with Crippen molar-refractivity contribution in [2.45, 2.75) is 27.0 Å². The van der Waals surface area contributed by atoms with Crippen LogP contribution in [0.15, 0.2) is 18.2 Å². The van der Waals surface area contributed by atoms with Gasteiger partial charge in [-0.2, -0.15) is 8.78 Å². The third-order valence-corrected chi connectivity index (χ3v) is 2.68. The number of rotatable bonds is 10. The standard InChI is InChI=1S/C15H23F2NO3/c1-11(2)10-20-8-7-18-9-12-5-4-6-13(19-3)14(12)21-15(16)17/h4-6,11,15,18H,7-10H2,1-3H3. The highest BCUT2D eigenvalue weighted by Crippen LogP contribution is 2.32. The van der Waals surface area contributed by atoms with Gasteiger partial charge in [-0.1, -0.05) is 26.0 Å². The van der Waals surface area contributed by atoms with Crippen LogP contribution in [0.3, 0.4) is 0 Å². The van der Waals surface area contributed by atoms with Crippen molar-refractivity contribution in [2.24, 2.45) is 5.92 Å². The monoisotopic (exact) mass is 303 g/mol. The van der Waals surface area contributed by atoms with E-state index in [0.29, 0.717) is 43.5 Å². The smallest absolute Gasteiger partial charge is 0.387 e. The number of alkyl halides is 2. The van der Waals surface area contributed by atoms with Crippen LogP contribution < -0.4 is 14.8 Å². The number of ether oxygens (including phenoxy) is 3. The van der Waals surface area contributed by atoms with E-state index < -0.39 is 6.61 Å². The zero-order valence-electron chi connectivity index (χ0n) is 12.7. The molecule has 21 heavy (non-hydrogen) atoms. The summed E-state index contributed by atoms with van der Waals surface area (Å²) in [4.78, 5) is 0. The second kappa shape index (κ2) is 9.52. The number of benzene rings is 1. The number of nitrogens with one attached hydrogen (secondary N) is 1. The molecular weight excluding hydrogens is 280 g/mol. The van der Waals surface area contributed by atoms with E-state index in [1.54, 1.807) is 18.2 Å². The van der Waals surface area contributed by atoms with E-state index >= 15 is 0 Å². The highest BCUT2D eigenvalue weighted by atomic mass is 19.3. The maximum Gasteiger partial charge on any atom is 0.387 e. The van der Waals surface area contributed by atoms with Crippen molar-refractivity contribution >= 4 is 0 Å². The molecule has 120 valence electrons. The molecule has 0 atom stereocenters. The molecule has 0 aliphatic carbocycles. The van der Waals surface area contributed by atoms with E-state index in [1.165, 1.54) is 7.11 Å². The van der Waals surface area contributed by atoms with Crippen LogP contribution in [0.5, 0.6) is 11.5 Å². The van der Waals surface area contributed by atoms with Crippen LogP contribution >= 0.6 is 0 Å². The average Bonchev–Trinajstić information content (AvgIpc) is 2.43. The Morgan fingerprint density at radius 1 is 1.24 bits per heavy atom. The molecule has 1 N–H and O–H groups in total. The van der Waals surface area contributed by atoms with Crippen LogP contribution in [-0.4, -0.2) is 33.5 Å². The molecule has 6 heteroatoms. The normalized spacial score (nSPS) is 11.2. The summed E-state index contributed by atoms with van der Waals surface area (Å²) in [6.45, 7) is 3.61. The first-order chi connectivity index (χ1) is 10.0. The molecule has 0 aliphatic heterocycles. The summed E-state index contributed by atoms with van der Waals surface area (Å²) in [5.41, 5.74) is 0.624. The Labute approximate surface area is 124 Å². The van der Waals surface area contributed by atoms with Crippen molar-refractivity contribution in [1.29, 1.82) is 0 Å². The molecule has 0 fully saturated rings. The molecule has 0 aromatic heterocycles. The Hall–Kier alpha value is -1.40. The molecule has 0 unspecified atom stereocenters. The third-order valence-electron chi connectivity index (χ3n) is 2.68. The zero-order chi connectivity index (χ0) is 15.7. The SMILES string of the molecule is COc1cccc(CNCCOCC(C)C)c1OC(F)F. The minimum Gasteiger partial charge on any atom is -0.493 e. The first-order valence-electron chi connectivity index (χ1n) is 6.93. The summed E-state index contributed by atoms with van der Waals surface area (Å²) >= 11 is 0. The van der Waals surface area contributed by atoms with Gasteiger partial charge in [0, 0.05) is 25.3 Å². The van der Waals surface area contributed by atoms with Gasteiger partial charge in [0.1, 0.15) is 0 Å². The average molecular weight is 303 g/mol. The van der Waals surface area contributed by atoms with E-state index in [-0.39, 0.29) is 5.75 Å². The summed E-state index contributed by atoms with van der Waals surface area (Å²) in [6, 6.07) is 5.05. The maximum atomic E-state index is 12.5. The quantitative estimate of drug-likeness (QED) is 0.674. The van der Waals surface area contributed by atoms with Gasteiger partial charge in [-0.05, 0) is 12.0 Å². The summed E-state index contributed by atoms with van der Waals surface area (Å²) in [5.74, 6) is 0.866. The first-order valence-corrected chi connectivity index (χ1v) is 6.93. The highest BCUT2D eigenvalue weighted by molar-refractivity contribution is 5.46. The Morgan fingerprint density at radius 2 is 2.00 bits per heavy atom. The van der Waals surface area contributed by atoms with Crippen molar-refractivity contribution in [1.82, 2.24) is 5.32 Å². The van der Waals surface area contributed by atoms with E-state index in [9.17, 15) is 8.78 Å². The molecule has 0 radical (unpaired) electrons. The third kappa shape index (κ3) is 6.73. The predicted molar refractivity (Wildman–Crippen MR) is 77.0 cm³/mol. The summed E-state index contributed by atoms with van der Waals surface area (Å²) < 4.78 is 40.0. The van der Waals surface area contributed by atoms with E-state index in [1.807, 2.05) is 0 Å². The summed E-state index contributed by atoms with van der Waals surface area (Å²) in [7, 11) is 1.42. The van der Waals surface area contributed by atoms with Crippen molar-refractivity contribution in [3.63, 3.8) is 0 Å². The fourth-order valence-corrected chi connectivity index (χ4v) is 1.77. The Bertz CT molecular complexity index is 414. The Kier molecular flexibility index (Phi) is 8.00. The first kappa shape index (κ1) is 17.7. The van der Waals surface area contributed by atoms with Crippen LogP contribution in [0.25, 0.3) is 0 Å². The van der Waals surface area contributed by atoms with Crippen LogP contribution in [0.1, 0.15) is 19.4 Å². The summed E-state index contributed by atoms with van der Waals surface area (Å²) in [6.07, 6.45) is 0. The van der Waals surface area contributed by atoms with E-state index in [4.69, 9.17) is 9.47 Å². The number of methoxy groups -OCH3 is 1. The lowest BCUT2D eigenvalue weighted by Gasteiger charge is -2.15. The lowest BCUT2D eigenvalue weighted by atomic mass is 10.2. The highest BCUT2D eigenvalue weighted by Gasteiger charge is 2.14. The van der Waals surface area contributed by atoms with Gasteiger partial charge in [-0.3, -0.25) is 0 Å². The molecule has 0 saturated carbocycles. The maximum absolute atomic E-state index is 12.5. The fraction of sp³-hybridized carbons (Fsp3) is 0.600. The molecule has 1 aromatic rings. The molecule has 0 heterocycles. The minimum atomic E-state index is -2.88. The second-order valence-corrected chi connectivity index (χ2v) is 4.97. The molecule has 0 bridgehead atoms. The lowest BCUT2D eigenvalue weighted by molar-refractivity contribution is -0.0518. The number of hydrogen-bond donors (Lipinski definition) is 1. The predicted octanol–water partition coefficient (Wildman–Crippen LogP) is 3.06. The second-order valence-electron chi connectivity index (χ2n) is 4.97. The molecular formula is C15H23F2NO3. The largest absolute Gasteiger partial charge is 0.493 e. The van der Waals surface area contributed by atoms with Crippen molar-refractivity contribution < 1.29 is 23.0 Å². The fourth-order valence-electron chi connectivity index (χ4n) is 1.77. The van der Waals surface area contributed by atoms with Crippen LogP contribution in [-0.2, 0) is 11.3 Å². The van der Waals surface area contributed by atoms with Gasteiger partial charge in [-0.15, -0.1) is 0 Å². The molecule has 1 aromatic carbocycles. The van der Waals surface area contributed by atoms with Gasteiger partial charge in [0.05, 0.1) is 13.7 Å². The van der Waals surface area contributed by atoms with Crippen molar-refractivity contribution in [3.8, 4) is 11.5 Å². The van der Waals surface area contributed by atoms with Gasteiger partial charge < -0.3 is 19.5 Å². The van der Waals surface area contributed by atoms with Gasteiger partial charge in [-0.25, -0.2) is 0 Å². The van der Waals surface area contributed by atoms with Crippen molar-refractivity contribution in [2.75, 3.05) is 26.9 Å². The van der Waals surface area contributed by atoms with Gasteiger partial charge in [0.2, 0.25) is 0 Å². The van der Waals surface area contributed by atoms with Crippen LogP contribution in [0.4, 0.5) is 8.78 Å². The number of halogens is 2. The molecule has 1 rings (SSSR count). The van der Waals surface area contributed by atoms with Crippen LogP contribution in [0.2, 0.25) is 0 Å². The lowest BCUT2D eigenvalue weighted by Crippen LogP contribution is -2.21. The van der Waals surface area contributed by atoms with Gasteiger partial charge in [0.15, 0.2) is 11.5 Å². The number of para-hydroxylation sites is 1. The van der Waals surface area contributed by atoms with Gasteiger partial charge >= 0.3 is 6.61 Å².